The van der Waals surface area contributed by atoms with Crippen LogP contribution in [0.3, 0.4) is 0 Å². The molecule has 1 unspecified atom stereocenters. The Morgan fingerprint density at radius 2 is 1.75 bits per heavy atom. The lowest BCUT2D eigenvalue weighted by Crippen LogP contribution is -2.44. The Morgan fingerprint density at radius 3 is 2.38 bits per heavy atom. The van der Waals surface area contributed by atoms with Gasteiger partial charge in [-0.2, -0.15) is 13.2 Å². The van der Waals surface area contributed by atoms with E-state index in [-0.39, 0.29) is 24.1 Å². The zero-order chi connectivity index (χ0) is 23.1. The highest BCUT2D eigenvalue weighted by Gasteiger charge is 2.35. The molecule has 1 amide bonds. The summed E-state index contributed by atoms with van der Waals surface area (Å²) in [6, 6.07) is 11.8. The average Bonchev–Trinajstić information content (AvgIpc) is 2.81. The number of halogens is 3. The summed E-state index contributed by atoms with van der Waals surface area (Å²) in [6.07, 6.45) is 6.01. The first-order chi connectivity index (χ1) is 15.3. The second-order valence-corrected chi connectivity index (χ2v) is 7.86. The minimum Gasteiger partial charge on any atom is -0.307 e. The number of amides is 1. The molecule has 0 bridgehead atoms. The molecule has 1 aliphatic rings. The maximum absolute atomic E-state index is 13.4. The number of rotatable bonds is 7. The van der Waals surface area contributed by atoms with Crippen molar-refractivity contribution in [3.63, 3.8) is 0 Å². The quantitative estimate of drug-likeness (QED) is 0.621. The van der Waals surface area contributed by atoms with Crippen LogP contribution in [0, 0.1) is 12.3 Å². The van der Waals surface area contributed by atoms with Gasteiger partial charge in [0.05, 0.1) is 12.1 Å². The van der Waals surface area contributed by atoms with E-state index in [9.17, 15) is 22.8 Å². The number of anilines is 1. The Morgan fingerprint density at radius 1 is 1.06 bits per heavy atom. The molecule has 0 radical (unpaired) electrons. The van der Waals surface area contributed by atoms with Crippen LogP contribution in [0.2, 0.25) is 0 Å². The van der Waals surface area contributed by atoms with Crippen LogP contribution in [0.5, 0.6) is 0 Å². The number of terminal acetylenes is 1. The summed E-state index contributed by atoms with van der Waals surface area (Å²) >= 11 is 0. The van der Waals surface area contributed by atoms with Crippen molar-refractivity contribution >= 4 is 17.4 Å². The second kappa shape index (κ2) is 10.5. The molecular formula is C25H25F3N2O2. The minimum absolute atomic E-state index is 0.0163. The van der Waals surface area contributed by atoms with Gasteiger partial charge < -0.3 is 5.32 Å². The molecule has 7 heteroatoms. The number of carbonyl (C=O) groups excluding carboxylic acids is 2. The number of carbonyl (C=O) groups is 2. The summed E-state index contributed by atoms with van der Waals surface area (Å²) in [5.74, 6) is 0.736. The molecule has 0 heterocycles. The third kappa shape index (κ3) is 5.77. The number of alkyl halides is 3. The van der Waals surface area contributed by atoms with Gasteiger partial charge in [0.25, 0.3) is 0 Å². The first-order valence-electron chi connectivity index (χ1n) is 10.6. The molecule has 1 N–H and O–H groups in total. The van der Waals surface area contributed by atoms with Crippen LogP contribution in [-0.4, -0.2) is 24.3 Å². The Hall–Kier alpha value is -3.11. The number of nitrogens with one attached hydrogen (secondary N) is 1. The Balaban J connectivity index is 1.98. The van der Waals surface area contributed by atoms with E-state index in [2.05, 4.69) is 5.32 Å². The van der Waals surface area contributed by atoms with Crippen LogP contribution in [0.15, 0.2) is 54.6 Å². The van der Waals surface area contributed by atoms with Crippen molar-refractivity contribution < 1.29 is 22.8 Å². The summed E-state index contributed by atoms with van der Waals surface area (Å²) in [6.45, 7) is -0.0163. The number of nitrogens with zero attached hydrogens (tertiary/aromatic N) is 1. The highest BCUT2D eigenvalue weighted by atomic mass is 19.4. The number of benzene rings is 2. The zero-order valence-electron chi connectivity index (χ0n) is 17.6. The molecule has 0 aromatic heterocycles. The van der Waals surface area contributed by atoms with E-state index < -0.39 is 23.7 Å². The largest absolute Gasteiger partial charge is 0.416 e. The van der Waals surface area contributed by atoms with E-state index in [0.29, 0.717) is 5.56 Å². The topological polar surface area (TPSA) is 49.4 Å². The standard InChI is InChI=1S/C25H25F3N2O2/c1-2-23(32)30(21-15-9-12-19(16-21)25(26,27)28)24(18-10-5-3-6-11-18)22(31)17-29-20-13-7-4-8-14-20/h1,3,5-6,9-12,15-16,20,24,29H,4,7-8,13-14,17H2. The smallest absolute Gasteiger partial charge is 0.307 e. The van der Waals surface area contributed by atoms with Gasteiger partial charge in [0.1, 0.15) is 6.04 Å². The number of hydrogen-bond donors (Lipinski definition) is 1. The van der Waals surface area contributed by atoms with Crippen LogP contribution < -0.4 is 10.2 Å². The maximum atomic E-state index is 13.4. The van der Waals surface area contributed by atoms with Crippen molar-refractivity contribution in [2.24, 2.45) is 0 Å². The average molecular weight is 442 g/mol. The molecule has 1 saturated carbocycles. The fraction of sp³-hybridized carbons (Fsp3) is 0.360. The van der Waals surface area contributed by atoms with Crippen molar-refractivity contribution in [1.82, 2.24) is 5.32 Å². The van der Waals surface area contributed by atoms with Gasteiger partial charge in [0, 0.05) is 11.7 Å². The highest BCUT2D eigenvalue weighted by molar-refractivity contribution is 6.10. The van der Waals surface area contributed by atoms with Crippen molar-refractivity contribution in [3.05, 3.63) is 65.7 Å². The van der Waals surface area contributed by atoms with Gasteiger partial charge in [0.15, 0.2) is 5.78 Å². The van der Waals surface area contributed by atoms with Crippen molar-refractivity contribution in [3.8, 4) is 12.3 Å². The molecular weight excluding hydrogens is 417 g/mol. The second-order valence-electron chi connectivity index (χ2n) is 7.86. The van der Waals surface area contributed by atoms with Gasteiger partial charge in [0.2, 0.25) is 0 Å². The lowest BCUT2D eigenvalue weighted by Gasteiger charge is -2.31. The van der Waals surface area contributed by atoms with Gasteiger partial charge in [-0.05, 0) is 42.5 Å². The predicted octanol–water partition coefficient (Wildman–Crippen LogP) is 4.90. The molecule has 1 atom stereocenters. The summed E-state index contributed by atoms with van der Waals surface area (Å²) < 4.78 is 39.9. The molecule has 4 nitrogen and oxygen atoms in total. The number of ketones is 1. The molecule has 3 rings (SSSR count). The van der Waals surface area contributed by atoms with E-state index >= 15 is 0 Å². The normalized spacial score (nSPS) is 15.6. The van der Waals surface area contributed by atoms with Gasteiger partial charge >= 0.3 is 12.1 Å². The third-order valence-electron chi connectivity index (χ3n) is 5.64. The molecule has 1 fully saturated rings. The molecule has 0 aliphatic heterocycles. The summed E-state index contributed by atoms with van der Waals surface area (Å²) in [5, 5.41) is 3.25. The van der Waals surface area contributed by atoms with Crippen LogP contribution in [-0.2, 0) is 15.8 Å². The Bertz CT molecular complexity index is 977. The van der Waals surface area contributed by atoms with Crippen molar-refractivity contribution in [2.45, 2.75) is 50.4 Å². The molecule has 1 aliphatic carbocycles. The van der Waals surface area contributed by atoms with E-state index in [1.165, 1.54) is 18.6 Å². The van der Waals surface area contributed by atoms with Gasteiger partial charge in [-0.15, -0.1) is 6.42 Å². The maximum Gasteiger partial charge on any atom is 0.416 e. The Labute approximate surface area is 185 Å². The van der Waals surface area contributed by atoms with Crippen molar-refractivity contribution in [2.75, 3.05) is 11.4 Å². The number of hydrogen-bond acceptors (Lipinski definition) is 3. The summed E-state index contributed by atoms with van der Waals surface area (Å²) in [5.41, 5.74) is -0.531. The fourth-order valence-electron chi connectivity index (χ4n) is 4.05. The van der Waals surface area contributed by atoms with Gasteiger partial charge in [-0.25, -0.2) is 0 Å². The van der Waals surface area contributed by atoms with Crippen LogP contribution in [0.1, 0.15) is 49.3 Å². The molecule has 0 spiro atoms. The predicted molar refractivity (Wildman–Crippen MR) is 117 cm³/mol. The molecule has 32 heavy (non-hydrogen) atoms. The fourth-order valence-corrected chi connectivity index (χ4v) is 4.05. The molecule has 2 aromatic carbocycles. The van der Waals surface area contributed by atoms with Gasteiger partial charge in [-0.3, -0.25) is 14.5 Å². The van der Waals surface area contributed by atoms with E-state index in [1.807, 2.05) is 5.92 Å². The minimum atomic E-state index is -4.60. The monoisotopic (exact) mass is 442 g/mol. The Kier molecular flexibility index (Phi) is 7.70. The number of Topliss-reactive ketones (excluding diaryl/α,β-unsaturated/α-hetero) is 1. The van der Waals surface area contributed by atoms with Gasteiger partial charge in [-0.1, -0.05) is 55.7 Å². The first kappa shape index (κ1) is 23.6. The van der Waals surface area contributed by atoms with E-state index in [4.69, 9.17) is 6.42 Å². The third-order valence-corrected chi connectivity index (χ3v) is 5.64. The highest BCUT2D eigenvalue weighted by Crippen LogP contribution is 2.34. The molecule has 168 valence electrons. The van der Waals surface area contributed by atoms with Crippen LogP contribution in [0.25, 0.3) is 0 Å². The van der Waals surface area contributed by atoms with E-state index in [1.54, 1.807) is 30.3 Å². The SMILES string of the molecule is C#CC(=O)N(c1cccc(C(F)(F)F)c1)C(C(=O)CNC1CCCCC1)c1ccccc1. The van der Waals surface area contributed by atoms with Crippen LogP contribution in [0.4, 0.5) is 18.9 Å². The lowest BCUT2D eigenvalue weighted by molar-refractivity contribution is -0.137. The molecule has 2 aromatic rings. The first-order valence-corrected chi connectivity index (χ1v) is 10.6. The lowest BCUT2D eigenvalue weighted by atomic mass is 9.94. The molecule has 0 saturated heterocycles. The van der Waals surface area contributed by atoms with Crippen LogP contribution >= 0.6 is 0 Å². The summed E-state index contributed by atoms with van der Waals surface area (Å²) in [4.78, 5) is 27.1. The van der Waals surface area contributed by atoms with Crippen molar-refractivity contribution in [1.29, 1.82) is 0 Å². The zero-order valence-corrected chi connectivity index (χ0v) is 17.6. The van der Waals surface area contributed by atoms with E-state index in [0.717, 1.165) is 42.7 Å². The summed E-state index contributed by atoms with van der Waals surface area (Å²) in [7, 11) is 0.